The summed E-state index contributed by atoms with van der Waals surface area (Å²) in [4.78, 5) is 56.4. The van der Waals surface area contributed by atoms with Gasteiger partial charge in [0.25, 0.3) is 11.8 Å². The van der Waals surface area contributed by atoms with Crippen molar-refractivity contribution in [1.29, 1.82) is 0 Å². The Morgan fingerprint density at radius 2 is 1.24 bits per heavy atom. The zero-order valence-corrected chi connectivity index (χ0v) is 24.0. The van der Waals surface area contributed by atoms with Gasteiger partial charge in [-0.05, 0) is 33.6 Å². The molecule has 0 aliphatic carbocycles. The molecular formula is C23H45ClN4O10. The Kier molecular flexibility index (Phi) is 22.3. The maximum Gasteiger partial charge on any atom is 0.407 e. The molecule has 0 aromatic heterocycles. The van der Waals surface area contributed by atoms with E-state index >= 15 is 0 Å². The summed E-state index contributed by atoms with van der Waals surface area (Å²) in [6, 6.07) is -1.41. The van der Waals surface area contributed by atoms with Gasteiger partial charge in [-0.3, -0.25) is 19.2 Å². The van der Waals surface area contributed by atoms with Crippen LogP contribution in [0.4, 0.5) is 4.79 Å². The van der Waals surface area contributed by atoms with Crippen LogP contribution in [0, 0.1) is 0 Å². The molecular weight excluding hydrogens is 528 g/mol. The first-order valence-electron chi connectivity index (χ1n) is 11.9. The maximum absolute atomic E-state index is 11.8. The molecule has 14 nitrogen and oxygen atoms in total. The van der Waals surface area contributed by atoms with Crippen LogP contribution in [0.1, 0.15) is 60.3 Å². The van der Waals surface area contributed by atoms with E-state index in [2.05, 4.69) is 25.4 Å². The van der Waals surface area contributed by atoms with Gasteiger partial charge in [0.05, 0.1) is 20.3 Å². The number of esters is 2. The van der Waals surface area contributed by atoms with E-state index in [0.717, 1.165) is 6.42 Å². The van der Waals surface area contributed by atoms with Crippen LogP contribution in [0.5, 0.6) is 0 Å². The predicted octanol–water partition coefficient (Wildman–Crippen LogP) is -0.484. The molecule has 0 bridgehead atoms. The van der Waals surface area contributed by atoms with Gasteiger partial charge in [-0.2, -0.15) is 0 Å². The number of halogens is 1. The molecule has 4 atom stereocenters. The molecule has 7 N–H and O–H groups in total. The molecule has 224 valence electrons. The maximum atomic E-state index is 11.8. The second-order valence-corrected chi connectivity index (χ2v) is 8.97. The van der Waals surface area contributed by atoms with E-state index in [9.17, 15) is 34.2 Å². The van der Waals surface area contributed by atoms with E-state index in [1.165, 1.54) is 14.2 Å². The first-order chi connectivity index (χ1) is 17.1. The Morgan fingerprint density at radius 1 is 0.816 bits per heavy atom. The third-order valence-corrected chi connectivity index (χ3v) is 4.52. The van der Waals surface area contributed by atoms with Gasteiger partial charge in [0.2, 0.25) is 0 Å². The van der Waals surface area contributed by atoms with Crippen molar-refractivity contribution in [2.24, 2.45) is 5.73 Å². The number of carbonyl (C=O) groups excluding carboxylic acids is 5. The summed E-state index contributed by atoms with van der Waals surface area (Å²) in [5.41, 5.74) is 4.86. The minimum absolute atomic E-state index is 0. The van der Waals surface area contributed by atoms with E-state index in [0.29, 0.717) is 19.3 Å². The first-order valence-corrected chi connectivity index (χ1v) is 11.9. The molecule has 0 aromatic carbocycles. The number of amides is 3. The summed E-state index contributed by atoms with van der Waals surface area (Å²) in [5, 5.41) is 26.4. The summed E-state index contributed by atoms with van der Waals surface area (Å²) in [6.07, 6.45) is -1.14. The normalized spacial score (nSPS) is 13.5. The van der Waals surface area contributed by atoms with Crippen molar-refractivity contribution in [3.05, 3.63) is 0 Å². The van der Waals surface area contributed by atoms with Crippen molar-refractivity contribution in [3.8, 4) is 0 Å². The van der Waals surface area contributed by atoms with Crippen LogP contribution in [0.2, 0.25) is 0 Å². The number of methoxy groups -OCH3 is 2. The summed E-state index contributed by atoms with van der Waals surface area (Å²) in [6.45, 7) is 8.27. The van der Waals surface area contributed by atoms with Gasteiger partial charge in [-0.25, -0.2) is 4.79 Å². The van der Waals surface area contributed by atoms with E-state index in [1.54, 1.807) is 20.8 Å². The smallest absolute Gasteiger partial charge is 0.407 e. The van der Waals surface area contributed by atoms with Gasteiger partial charge in [-0.1, -0.05) is 26.7 Å². The molecule has 0 fully saturated rings. The van der Waals surface area contributed by atoms with E-state index in [-0.39, 0.29) is 25.5 Å². The summed E-state index contributed by atoms with van der Waals surface area (Å²) >= 11 is 0. The van der Waals surface area contributed by atoms with Crippen molar-refractivity contribution < 1.29 is 48.4 Å². The van der Waals surface area contributed by atoms with Crippen LogP contribution in [0.15, 0.2) is 0 Å². The molecule has 0 saturated heterocycles. The number of aliphatic hydroxyl groups is 2. The van der Waals surface area contributed by atoms with Crippen LogP contribution in [0.3, 0.4) is 0 Å². The number of carbonyl (C=O) groups is 5. The predicted molar refractivity (Wildman–Crippen MR) is 140 cm³/mol. The molecule has 38 heavy (non-hydrogen) atoms. The number of alkyl carbamates (subject to hydrolysis) is 1. The topological polar surface area (TPSA) is 216 Å². The number of nitrogens with two attached hydrogens (primary N) is 1. The minimum atomic E-state index is -1.49. The molecule has 0 heterocycles. The molecule has 0 rings (SSSR count). The van der Waals surface area contributed by atoms with Crippen LogP contribution in [-0.2, 0) is 33.4 Å². The summed E-state index contributed by atoms with van der Waals surface area (Å²) < 4.78 is 13.8. The zero-order valence-electron chi connectivity index (χ0n) is 23.2. The Bertz CT molecular complexity index is 733. The Morgan fingerprint density at radius 3 is 1.61 bits per heavy atom. The number of hydrogen-bond donors (Lipinski definition) is 6. The second-order valence-electron chi connectivity index (χ2n) is 8.97. The van der Waals surface area contributed by atoms with Crippen molar-refractivity contribution in [2.45, 2.75) is 90.2 Å². The fraction of sp³-hybridized carbons (Fsp3) is 0.783. The molecule has 0 aliphatic rings. The molecule has 15 heteroatoms. The third kappa shape index (κ3) is 19.4. The molecule has 2 unspecified atom stereocenters. The van der Waals surface area contributed by atoms with Crippen molar-refractivity contribution in [1.82, 2.24) is 16.0 Å². The van der Waals surface area contributed by atoms with Crippen LogP contribution < -0.4 is 21.7 Å². The fourth-order valence-corrected chi connectivity index (χ4v) is 2.62. The zero-order chi connectivity index (χ0) is 29.2. The van der Waals surface area contributed by atoms with Crippen LogP contribution >= 0.6 is 12.4 Å². The molecule has 0 saturated carbocycles. The van der Waals surface area contributed by atoms with E-state index in [1.807, 2.05) is 13.8 Å². The Balaban J connectivity index is -0.000000672. The average molecular weight is 573 g/mol. The van der Waals surface area contributed by atoms with E-state index < -0.39 is 59.7 Å². The van der Waals surface area contributed by atoms with Gasteiger partial charge in [0, 0.05) is 6.04 Å². The minimum Gasteiger partial charge on any atom is -0.468 e. The monoisotopic (exact) mass is 572 g/mol. The lowest BCUT2D eigenvalue weighted by molar-refractivity contribution is -0.142. The molecule has 3 amide bonds. The fourth-order valence-electron chi connectivity index (χ4n) is 2.62. The van der Waals surface area contributed by atoms with E-state index in [4.69, 9.17) is 10.5 Å². The van der Waals surface area contributed by atoms with Crippen LogP contribution in [-0.4, -0.2) is 97.3 Å². The summed E-state index contributed by atoms with van der Waals surface area (Å²) in [7, 11) is 2.41. The van der Waals surface area contributed by atoms with Gasteiger partial charge in [0.1, 0.15) is 24.8 Å². The van der Waals surface area contributed by atoms with Gasteiger partial charge in [0.15, 0.2) is 6.10 Å². The number of aliphatic hydroxyl groups excluding tert-OH is 2. The highest BCUT2D eigenvalue weighted by molar-refractivity contribution is 5.86. The first kappa shape index (κ1) is 39.8. The second kappa shape index (κ2) is 21.3. The SMILES string of the molecule is CCCC(N)[C@@H](O)C(=O)NCC(=O)OC.CCCC(NC(=O)OC(C)(C)C)[C@@H](O)C(=O)NCC(=O)OC.Cl. The summed E-state index contributed by atoms with van der Waals surface area (Å²) in [5.74, 6) is -2.62. The van der Waals surface area contributed by atoms with Crippen LogP contribution in [0.25, 0.3) is 0 Å². The quantitative estimate of drug-likeness (QED) is 0.122. The highest BCUT2D eigenvalue weighted by Crippen LogP contribution is 2.09. The number of nitrogens with one attached hydrogen (secondary N) is 3. The highest BCUT2D eigenvalue weighted by atomic mass is 35.5. The molecule has 0 aromatic rings. The van der Waals surface area contributed by atoms with Crippen molar-refractivity contribution in [3.63, 3.8) is 0 Å². The number of hydrogen-bond acceptors (Lipinski definition) is 11. The van der Waals surface area contributed by atoms with Gasteiger partial charge >= 0.3 is 18.0 Å². The molecule has 0 radical (unpaired) electrons. The average Bonchev–Trinajstić information content (AvgIpc) is 2.83. The number of rotatable bonds is 13. The van der Waals surface area contributed by atoms with Gasteiger partial charge in [-0.15, -0.1) is 12.4 Å². The van der Waals surface area contributed by atoms with Crippen molar-refractivity contribution >= 4 is 42.3 Å². The lowest BCUT2D eigenvalue weighted by Crippen LogP contribution is -2.52. The Hall–Kier alpha value is -2.68. The lowest BCUT2D eigenvalue weighted by Gasteiger charge is -2.26. The standard InChI is InChI=1S/C14H26N2O6.C9H18N2O4.ClH/c1-6-7-9(16-13(20)22-14(2,3)4)11(18)12(19)15-8-10(17)21-5;1-3-4-6(10)8(13)9(14)11-5-7(12)15-2;/h9,11,18H,6-8H2,1-5H3,(H,15,19)(H,16,20);6,8,13H,3-5,10H2,1-2H3,(H,11,14);1H/t9?,11-;6?,8-;/m11./s1. The highest BCUT2D eigenvalue weighted by Gasteiger charge is 2.29. The molecule has 0 aliphatic heterocycles. The number of ether oxygens (including phenoxy) is 3. The lowest BCUT2D eigenvalue weighted by atomic mass is 10.1. The largest absolute Gasteiger partial charge is 0.468 e. The Labute approximate surface area is 230 Å². The third-order valence-electron chi connectivity index (χ3n) is 4.52. The molecule has 0 spiro atoms. The van der Waals surface area contributed by atoms with Gasteiger partial charge < -0.3 is 46.1 Å². The van der Waals surface area contributed by atoms with Crippen molar-refractivity contribution in [2.75, 3.05) is 27.3 Å².